The molecule has 0 amide bonds. The van der Waals surface area contributed by atoms with E-state index < -0.39 is 27.5 Å². The summed E-state index contributed by atoms with van der Waals surface area (Å²) in [4.78, 5) is 17.1. The van der Waals surface area contributed by atoms with E-state index in [1.54, 1.807) is 25.3 Å². The molecule has 1 N–H and O–H groups in total. The second-order valence-corrected chi connectivity index (χ2v) is 25.8. The van der Waals surface area contributed by atoms with Gasteiger partial charge in [0.1, 0.15) is 25.0 Å². The third-order valence-electron chi connectivity index (χ3n) is 8.28. The Balaban J connectivity index is 1.93. The molecular weight excluding hydrogens is 613 g/mol. The smallest absolute Gasteiger partial charge is 0.328 e. The topological polar surface area (TPSA) is 112 Å². The van der Waals surface area contributed by atoms with Crippen LogP contribution < -0.4 is 4.74 Å². The van der Waals surface area contributed by atoms with Crippen LogP contribution in [0.1, 0.15) is 29.4 Å². The quantitative estimate of drug-likeness (QED) is 0.0788. The predicted octanol–water partition coefficient (Wildman–Crippen LogP) is 7.75. The van der Waals surface area contributed by atoms with Crippen molar-refractivity contribution >= 4 is 44.1 Å². The minimum atomic E-state index is -1.33. The minimum absolute atomic E-state index is 0.224. The Morgan fingerprint density at radius 3 is 2.28 bits per heavy atom. The summed E-state index contributed by atoms with van der Waals surface area (Å²) >= 11 is 0. The zero-order valence-electron chi connectivity index (χ0n) is 28.7. The number of benzene rings is 2. The van der Waals surface area contributed by atoms with E-state index in [1.165, 1.54) is 0 Å². The van der Waals surface area contributed by atoms with Crippen molar-refractivity contribution in [1.82, 2.24) is 14.1 Å². The van der Waals surface area contributed by atoms with Gasteiger partial charge in [-0.05, 0) is 61.8 Å². The van der Waals surface area contributed by atoms with Gasteiger partial charge in [0.25, 0.3) is 0 Å². The average Bonchev–Trinajstić information content (AvgIpc) is 3.57. The van der Waals surface area contributed by atoms with Crippen molar-refractivity contribution in [3.63, 3.8) is 0 Å². The summed E-state index contributed by atoms with van der Waals surface area (Å²) in [7, 11) is -0.938. The number of ether oxygens (including phenoxy) is 3. The fourth-order valence-corrected chi connectivity index (χ4v) is 7.21. The van der Waals surface area contributed by atoms with E-state index in [0.717, 1.165) is 45.7 Å². The molecule has 11 heteroatoms. The van der Waals surface area contributed by atoms with Gasteiger partial charge in [-0.1, -0.05) is 45.4 Å². The molecule has 0 fully saturated rings. The summed E-state index contributed by atoms with van der Waals surface area (Å²) in [6, 6.07) is 13.7. The van der Waals surface area contributed by atoms with Gasteiger partial charge in [0.2, 0.25) is 0 Å². The number of fused-ring (bicyclic) bond motifs is 2. The second kappa shape index (κ2) is 14.0. The molecule has 2 aromatic carbocycles. The summed E-state index contributed by atoms with van der Waals surface area (Å²) in [5, 5.41) is 20.4. The summed E-state index contributed by atoms with van der Waals surface area (Å²) in [5.41, 5.74) is 3.64. The molecule has 0 aliphatic heterocycles. The fourth-order valence-electron chi connectivity index (χ4n) is 5.70. The maximum Gasteiger partial charge on any atom is 0.328 e. The second-order valence-electron chi connectivity index (χ2n) is 14.6. The van der Waals surface area contributed by atoms with Crippen LogP contribution in [0.5, 0.6) is 5.75 Å². The van der Waals surface area contributed by atoms with Gasteiger partial charge < -0.3 is 28.5 Å². The molecule has 4 rings (SSSR count). The zero-order chi connectivity index (χ0) is 33.9. The minimum Gasteiger partial charge on any atom is -0.496 e. The van der Waals surface area contributed by atoms with E-state index in [9.17, 15) is 15.2 Å². The fraction of sp³-hybridized carbons (Fsp3) is 0.457. The SMILES string of the molecule is COc1cc(C)c2c(ccn2COCC[Si](C)(C)C)c1C(C)(/C=C/C(=O)O)c1nc2cc(C#N)ccc2n1COCC[Si](C)(C)C. The molecule has 0 saturated heterocycles. The number of aliphatic carboxylic acids is 1. The Bertz CT molecular complexity index is 1790. The molecule has 4 aromatic rings. The van der Waals surface area contributed by atoms with Crippen LogP contribution >= 0.6 is 0 Å². The number of rotatable bonds is 15. The first-order chi connectivity index (χ1) is 21.6. The summed E-state index contributed by atoms with van der Waals surface area (Å²) < 4.78 is 22.5. The van der Waals surface area contributed by atoms with E-state index in [1.807, 2.05) is 42.8 Å². The Kier molecular flexibility index (Phi) is 10.7. The number of allylic oxidation sites excluding steroid dienone is 1. The molecule has 1 unspecified atom stereocenters. The highest BCUT2D eigenvalue weighted by Gasteiger charge is 2.38. The lowest BCUT2D eigenvalue weighted by atomic mass is 9.78. The molecule has 46 heavy (non-hydrogen) atoms. The van der Waals surface area contributed by atoms with Crippen LogP contribution in [0.2, 0.25) is 51.4 Å². The van der Waals surface area contributed by atoms with Crippen LogP contribution in [-0.2, 0) is 33.1 Å². The number of nitrogens with zero attached hydrogens (tertiary/aromatic N) is 4. The van der Waals surface area contributed by atoms with Gasteiger partial charge in [-0.2, -0.15) is 5.26 Å². The number of imidazole rings is 1. The molecule has 0 aliphatic carbocycles. The lowest BCUT2D eigenvalue weighted by Crippen LogP contribution is -2.28. The molecule has 1 atom stereocenters. The van der Waals surface area contributed by atoms with Gasteiger partial charge in [-0.15, -0.1) is 0 Å². The van der Waals surface area contributed by atoms with Crippen LogP contribution in [0, 0.1) is 18.3 Å². The first kappa shape index (κ1) is 35.2. The highest BCUT2D eigenvalue weighted by Crippen LogP contribution is 2.45. The number of carbonyl (C=O) groups is 1. The molecule has 0 saturated carbocycles. The Morgan fingerprint density at radius 2 is 1.70 bits per heavy atom. The first-order valence-corrected chi connectivity index (χ1v) is 23.1. The van der Waals surface area contributed by atoms with Crippen molar-refractivity contribution in [2.24, 2.45) is 0 Å². The van der Waals surface area contributed by atoms with Crippen LogP contribution in [0.25, 0.3) is 21.9 Å². The Morgan fingerprint density at radius 1 is 1.04 bits per heavy atom. The van der Waals surface area contributed by atoms with Crippen molar-refractivity contribution in [2.45, 2.75) is 84.1 Å². The first-order valence-electron chi connectivity index (χ1n) is 15.7. The van der Waals surface area contributed by atoms with Crippen LogP contribution in [0.3, 0.4) is 0 Å². The maximum absolute atomic E-state index is 12.0. The number of hydrogen-bond acceptors (Lipinski definition) is 6. The van der Waals surface area contributed by atoms with Crippen LogP contribution in [-0.4, -0.2) is 61.7 Å². The van der Waals surface area contributed by atoms with Gasteiger partial charge >= 0.3 is 5.97 Å². The number of aryl methyl sites for hydroxylation is 1. The molecule has 0 bridgehead atoms. The molecule has 0 radical (unpaired) electrons. The maximum atomic E-state index is 12.0. The average molecular weight is 661 g/mol. The van der Waals surface area contributed by atoms with Gasteiger partial charge in [0.15, 0.2) is 0 Å². The summed E-state index contributed by atoms with van der Waals surface area (Å²) in [6.45, 7) is 19.9. The lowest BCUT2D eigenvalue weighted by Gasteiger charge is -2.30. The van der Waals surface area contributed by atoms with E-state index >= 15 is 0 Å². The summed E-state index contributed by atoms with van der Waals surface area (Å²) in [5.74, 6) is 0.143. The van der Waals surface area contributed by atoms with Crippen molar-refractivity contribution < 1.29 is 24.1 Å². The van der Waals surface area contributed by atoms with Gasteiger partial charge in [-0.3, -0.25) is 0 Å². The molecule has 0 spiro atoms. The number of nitriles is 1. The van der Waals surface area contributed by atoms with Crippen LogP contribution in [0.15, 0.2) is 48.7 Å². The standard InChI is InChI=1S/C35H48N4O5Si2/c1-25-20-30(42-3)32(27-13-15-38(33(25)27)23-43-16-18-45(4,5)6)35(2,14-12-31(40)41)34-37-28-21-26(22-36)10-11-29(28)39(34)24-44-17-19-46(7,8)9/h10-15,20-21H,16-19,23-24H2,1-9H3,(H,40,41)/b14-12+. The monoisotopic (exact) mass is 660 g/mol. The third kappa shape index (κ3) is 7.98. The number of aromatic nitrogens is 3. The van der Waals surface area contributed by atoms with Crippen molar-refractivity contribution in [3.05, 3.63) is 71.2 Å². The van der Waals surface area contributed by atoms with Crippen molar-refractivity contribution in [2.75, 3.05) is 20.3 Å². The Hall–Kier alpha value is -3.70. The highest BCUT2D eigenvalue weighted by atomic mass is 28.3. The molecule has 2 heterocycles. The molecule has 246 valence electrons. The largest absolute Gasteiger partial charge is 0.496 e. The third-order valence-corrected chi connectivity index (χ3v) is 11.7. The van der Waals surface area contributed by atoms with Gasteiger partial charge in [0.05, 0.1) is 40.7 Å². The number of carboxylic acids is 1. The normalized spacial score (nSPS) is 13.8. The zero-order valence-corrected chi connectivity index (χ0v) is 30.7. The van der Waals surface area contributed by atoms with Crippen molar-refractivity contribution in [3.8, 4) is 11.8 Å². The lowest BCUT2D eigenvalue weighted by molar-refractivity contribution is -0.131. The molecule has 9 nitrogen and oxygen atoms in total. The van der Waals surface area contributed by atoms with E-state index in [2.05, 4.69) is 49.9 Å². The van der Waals surface area contributed by atoms with E-state index in [0.29, 0.717) is 42.6 Å². The molecule has 0 aliphatic rings. The molecule has 2 aromatic heterocycles. The predicted molar refractivity (Wildman–Crippen MR) is 189 cm³/mol. The van der Waals surface area contributed by atoms with E-state index in [-0.39, 0.29) is 6.73 Å². The highest BCUT2D eigenvalue weighted by molar-refractivity contribution is 6.76. The number of hydrogen-bond donors (Lipinski definition) is 1. The van der Waals surface area contributed by atoms with Crippen molar-refractivity contribution in [1.29, 1.82) is 5.26 Å². The number of carboxylic acid groups (broad SMARTS) is 1. The Labute approximate surface area is 274 Å². The van der Waals surface area contributed by atoms with Gasteiger partial charge in [-0.25, -0.2) is 9.78 Å². The van der Waals surface area contributed by atoms with Crippen LogP contribution in [0.4, 0.5) is 0 Å². The summed E-state index contributed by atoms with van der Waals surface area (Å²) in [6.07, 6.45) is 4.85. The van der Waals surface area contributed by atoms with E-state index in [4.69, 9.17) is 19.2 Å². The van der Waals surface area contributed by atoms with Gasteiger partial charge in [0, 0.05) is 52.6 Å². The number of methoxy groups -OCH3 is 1. The molecular formula is C35H48N4O5Si2.